The molecule has 1 heterocycles. The molecule has 2 nitrogen and oxygen atoms in total. The van der Waals surface area contributed by atoms with Gasteiger partial charge in [0.15, 0.2) is 0 Å². The predicted molar refractivity (Wildman–Crippen MR) is 234 cm³/mol. The van der Waals surface area contributed by atoms with Gasteiger partial charge >= 0.3 is 0 Å². The number of rotatable bonds is 4. The summed E-state index contributed by atoms with van der Waals surface area (Å²) in [4.78, 5) is 2.46. The van der Waals surface area contributed by atoms with E-state index in [0.29, 0.717) is 0 Å². The van der Waals surface area contributed by atoms with Crippen LogP contribution >= 0.6 is 0 Å². The smallest absolute Gasteiger partial charge is 0.135 e. The van der Waals surface area contributed by atoms with Crippen LogP contribution in [0.25, 0.3) is 55.6 Å². The molecule has 3 aliphatic rings. The molecular weight excluding hydrogens is 691 g/mol. The molecule has 57 heavy (non-hydrogen) atoms. The van der Waals surface area contributed by atoms with Crippen LogP contribution in [0.2, 0.25) is 0 Å². The van der Waals surface area contributed by atoms with Crippen LogP contribution in [0.4, 0.5) is 17.1 Å². The number of anilines is 3. The lowest BCUT2D eigenvalue weighted by Gasteiger charge is -2.32. The molecule has 266 valence electrons. The summed E-state index contributed by atoms with van der Waals surface area (Å²) in [5, 5.41) is 0. The second-order valence-electron chi connectivity index (χ2n) is 15.2. The van der Waals surface area contributed by atoms with Crippen molar-refractivity contribution in [3.8, 4) is 67.1 Å². The molecule has 0 saturated carbocycles. The van der Waals surface area contributed by atoms with E-state index in [9.17, 15) is 0 Å². The van der Waals surface area contributed by atoms with Gasteiger partial charge in [-0.3, -0.25) is 0 Å². The summed E-state index contributed by atoms with van der Waals surface area (Å²) in [6.45, 7) is 0. The molecule has 0 bridgehead atoms. The average Bonchev–Trinajstić information content (AvgIpc) is 3.70. The van der Waals surface area contributed by atoms with Crippen molar-refractivity contribution in [1.82, 2.24) is 0 Å². The van der Waals surface area contributed by atoms with Crippen LogP contribution in [0.15, 0.2) is 212 Å². The third kappa shape index (κ3) is 4.53. The van der Waals surface area contributed by atoms with Crippen LogP contribution in [0.1, 0.15) is 22.3 Å². The van der Waals surface area contributed by atoms with E-state index in [1.807, 2.05) is 6.07 Å². The van der Waals surface area contributed by atoms with Crippen molar-refractivity contribution in [2.45, 2.75) is 5.41 Å². The fourth-order valence-corrected chi connectivity index (χ4v) is 9.98. The zero-order valence-corrected chi connectivity index (χ0v) is 31.1. The highest BCUT2D eigenvalue weighted by Gasteiger charge is 2.52. The van der Waals surface area contributed by atoms with Crippen LogP contribution in [0, 0.1) is 0 Å². The van der Waals surface area contributed by atoms with Crippen LogP contribution in [0.3, 0.4) is 0 Å². The molecule has 0 aromatic heterocycles. The molecule has 1 aliphatic heterocycles. The van der Waals surface area contributed by atoms with Crippen LogP contribution < -0.4 is 9.64 Å². The minimum atomic E-state index is -0.440. The van der Waals surface area contributed by atoms with Crippen molar-refractivity contribution < 1.29 is 4.74 Å². The number of hydrogen-bond donors (Lipinski definition) is 0. The van der Waals surface area contributed by atoms with Crippen molar-refractivity contribution in [3.63, 3.8) is 0 Å². The zero-order valence-electron chi connectivity index (χ0n) is 31.1. The van der Waals surface area contributed by atoms with Gasteiger partial charge in [0.25, 0.3) is 0 Å². The van der Waals surface area contributed by atoms with Crippen LogP contribution in [-0.4, -0.2) is 0 Å². The molecule has 0 unspecified atom stereocenters. The van der Waals surface area contributed by atoms with Gasteiger partial charge in [-0.1, -0.05) is 170 Å². The van der Waals surface area contributed by atoms with Crippen molar-refractivity contribution in [2.24, 2.45) is 0 Å². The molecule has 2 heteroatoms. The van der Waals surface area contributed by atoms with Gasteiger partial charge in [-0.15, -0.1) is 0 Å². The van der Waals surface area contributed by atoms with E-state index in [-0.39, 0.29) is 0 Å². The van der Waals surface area contributed by atoms with E-state index in [4.69, 9.17) is 4.74 Å². The maximum atomic E-state index is 6.73. The molecule has 12 rings (SSSR count). The second-order valence-corrected chi connectivity index (χ2v) is 15.2. The SMILES string of the molecule is c1ccc(-c2ccc(N(c3ccc4c(c3)-c3ccccc3-c3ccccc3O4)c3cccc4c3-c3ccccc3C43c4ccccc4-c4ccccc43)cc2)cc1. The number of para-hydroxylation sites is 1. The maximum Gasteiger partial charge on any atom is 0.135 e. The fraction of sp³-hybridized carbons (Fsp3) is 0.0182. The molecule has 9 aromatic carbocycles. The number of nitrogens with zero attached hydrogens (tertiary/aromatic N) is 1. The van der Waals surface area contributed by atoms with Gasteiger partial charge in [0.05, 0.1) is 11.1 Å². The molecular formula is C55H35NO. The Labute approximate surface area is 332 Å². The fourth-order valence-electron chi connectivity index (χ4n) is 9.98. The molecule has 0 radical (unpaired) electrons. The van der Waals surface area contributed by atoms with E-state index < -0.39 is 5.41 Å². The lowest BCUT2D eigenvalue weighted by Crippen LogP contribution is -2.26. The molecule has 2 aliphatic carbocycles. The molecule has 1 spiro atoms. The molecule has 0 N–H and O–H groups in total. The summed E-state index contributed by atoms with van der Waals surface area (Å²) in [5.74, 6) is 1.71. The Kier molecular flexibility index (Phi) is 6.88. The number of benzene rings is 9. The van der Waals surface area contributed by atoms with Crippen molar-refractivity contribution in [3.05, 3.63) is 235 Å². The summed E-state index contributed by atoms with van der Waals surface area (Å²) in [6, 6.07) is 77.4. The van der Waals surface area contributed by atoms with E-state index in [0.717, 1.165) is 50.8 Å². The summed E-state index contributed by atoms with van der Waals surface area (Å²) in [5.41, 5.74) is 20.1. The molecule has 0 amide bonds. The third-order valence-corrected chi connectivity index (χ3v) is 12.3. The topological polar surface area (TPSA) is 12.5 Å². The van der Waals surface area contributed by atoms with Gasteiger partial charge < -0.3 is 9.64 Å². The Morgan fingerprint density at radius 3 is 1.51 bits per heavy atom. The third-order valence-electron chi connectivity index (χ3n) is 12.3. The zero-order chi connectivity index (χ0) is 37.5. The van der Waals surface area contributed by atoms with E-state index in [1.165, 1.54) is 55.6 Å². The standard InChI is InChI=1S/C55H35NO/c1-2-15-36(16-3-1)37-29-31-38(32-30-37)56(39-33-34-53-46(35-39)41-18-5-4-17-40(41)44-21-9-13-28-52(44)57-53)51-27-14-26-50-54(51)45-22-8-12-25-49(45)55(50)47-23-10-6-19-42(47)43-20-7-11-24-48(43)55/h1-35H. The minimum absolute atomic E-state index is 0.440. The van der Waals surface area contributed by atoms with Gasteiger partial charge in [0, 0.05) is 28.1 Å². The lowest BCUT2D eigenvalue weighted by molar-refractivity contribution is 0.488. The van der Waals surface area contributed by atoms with Crippen LogP contribution in [-0.2, 0) is 5.41 Å². The highest BCUT2D eigenvalue weighted by Crippen LogP contribution is 2.64. The van der Waals surface area contributed by atoms with Crippen molar-refractivity contribution in [1.29, 1.82) is 0 Å². The van der Waals surface area contributed by atoms with E-state index in [1.54, 1.807) is 0 Å². The maximum absolute atomic E-state index is 6.73. The Hall–Kier alpha value is -7.42. The number of fused-ring (bicyclic) bond motifs is 15. The van der Waals surface area contributed by atoms with Gasteiger partial charge in [-0.2, -0.15) is 0 Å². The number of hydrogen-bond acceptors (Lipinski definition) is 2. The second kappa shape index (κ2) is 12.3. The predicted octanol–water partition coefficient (Wildman–Crippen LogP) is 14.6. The Morgan fingerprint density at radius 2 is 0.807 bits per heavy atom. The Morgan fingerprint density at radius 1 is 0.316 bits per heavy atom. The first kappa shape index (κ1) is 31.9. The Bertz CT molecular complexity index is 3010. The summed E-state index contributed by atoms with van der Waals surface area (Å²) >= 11 is 0. The van der Waals surface area contributed by atoms with Crippen molar-refractivity contribution >= 4 is 17.1 Å². The van der Waals surface area contributed by atoms with Crippen molar-refractivity contribution in [2.75, 3.05) is 4.90 Å². The molecule has 0 fully saturated rings. The summed E-state index contributed by atoms with van der Waals surface area (Å²) in [6.07, 6.45) is 0. The molecule has 0 saturated heterocycles. The monoisotopic (exact) mass is 725 g/mol. The first-order valence-corrected chi connectivity index (χ1v) is 19.7. The first-order chi connectivity index (χ1) is 28.3. The average molecular weight is 726 g/mol. The lowest BCUT2D eigenvalue weighted by atomic mass is 9.70. The number of ether oxygens (including phenoxy) is 1. The minimum Gasteiger partial charge on any atom is -0.456 e. The highest BCUT2D eigenvalue weighted by molar-refractivity contribution is 6.02. The first-order valence-electron chi connectivity index (χ1n) is 19.7. The largest absolute Gasteiger partial charge is 0.456 e. The summed E-state index contributed by atoms with van der Waals surface area (Å²) < 4.78 is 6.73. The molecule has 0 atom stereocenters. The highest BCUT2D eigenvalue weighted by atomic mass is 16.5. The summed E-state index contributed by atoms with van der Waals surface area (Å²) in [7, 11) is 0. The van der Waals surface area contributed by atoms with Gasteiger partial charge in [0.1, 0.15) is 11.5 Å². The van der Waals surface area contributed by atoms with E-state index in [2.05, 4.69) is 211 Å². The van der Waals surface area contributed by atoms with Gasteiger partial charge in [0.2, 0.25) is 0 Å². The van der Waals surface area contributed by atoms with Gasteiger partial charge in [-0.25, -0.2) is 0 Å². The quantitative estimate of drug-likeness (QED) is 0.179. The Balaban J connectivity index is 1.13. The normalized spacial score (nSPS) is 13.2. The van der Waals surface area contributed by atoms with Gasteiger partial charge in [-0.05, 0) is 104 Å². The van der Waals surface area contributed by atoms with Crippen LogP contribution in [0.5, 0.6) is 11.5 Å². The van der Waals surface area contributed by atoms with E-state index >= 15 is 0 Å². The molecule has 9 aromatic rings.